The van der Waals surface area contributed by atoms with Crippen molar-refractivity contribution in [3.8, 4) is 0 Å². The Morgan fingerprint density at radius 1 is 1.27 bits per heavy atom. The van der Waals surface area contributed by atoms with Crippen molar-refractivity contribution < 1.29 is 29.4 Å². The number of carbonyl (C=O) groups excluding carboxylic acids is 2. The smallest absolute Gasteiger partial charge is 0.335 e. The molecule has 1 aliphatic heterocycles. The van der Waals surface area contributed by atoms with E-state index in [-0.39, 0.29) is 24.9 Å². The Morgan fingerprint density at radius 3 is 2.50 bits per heavy atom. The summed E-state index contributed by atoms with van der Waals surface area (Å²) < 4.78 is 0. The SMILES string of the molecule is NC(=O)[C@H](CCC(=O)O)N1Cc2cc(C(=O)O)ccc2C1=O. The molecule has 0 bridgehead atoms. The summed E-state index contributed by atoms with van der Waals surface area (Å²) in [5.41, 5.74) is 6.07. The van der Waals surface area contributed by atoms with Crippen LogP contribution in [0.2, 0.25) is 0 Å². The van der Waals surface area contributed by atoms with Crippen molar-refractivity contribution in [2.75, 3.05) is 0 Å². The molecule has 0 aliphatic carbocycles. The maximum atomic E-state index is 12.3. The number of benzene rings is 1. The number of nitrogens with zero attached hydrogens (tertiary/aromatic N) is 1. The molecule has 0 radical (unpaired) electrons. The second kappa shape index (κ2) is 5.84. The molecule has 0 saturated carbocycles. The molecule has 116 valence electrons. The fourth-order valence-corrected chi connectivity index (χ4v) is 2.44. The lowest BCUT2D eigenvalue weighted by molar-refractivity contribution is -0.137. The van der Waals surface area contributed by atoms with E-state index in [1.54, 1.807) is 0 Å². The summed E-state index contributed by atoms with van der Waals surface area (Å²) in [5.74, 6) is -3.46. The Morgan fingerprint density at radius 2 is 1.95 bits per heavy atom. The predicted octanol–water partition coefficient (Wildman–Crippen LogP) is 0.0593. The topological polar surface area (TPSA) is 138 Å². The van der Waals surface area contributed by atoms with Gasteiger partial charge in [0.15, 0.2) is 0 Å². The van der Waals surface area contributed by atoms with Crippen molar-refractivity contribution in [3.05, 3.63) is 34.9 Å². The van der Waals surface area contributed by atoms with Crippen LogP contribution in [0.4, 0.5) is 0 Å². The lowest BCUT2D eigenvalue weighted by Gasteiger charge is -2.24. The third-order valence-corrected chi connectivity index (χ3v) is 3.52. The quantitative estimate of drug-likeness (QED) is 0.679. The molecule has 2 rings (SSSR count). The van der Waals surface area contributed by atoms with E-state index in [4.69, 9.17) is 15.9 Å². The van der Waals surface area contributed by atoms with Gasteiger partial charge in [-0.1, -0.05) is 0 Å². The highest BCUT2D eigenvalue weighted by Gasteiger charge is 2.35. The highest BCUT2D eigenvalue weighted by Crippen LogP contribution is 2.27. The Bertz CT molecular complexity index is 669. The molecule has 0 aromatic heterocycles. The number of hydrogen-bond donors (Lipinski definition) is 3. The van der Waals surface area contributed by atoms with E-state index in [2.05, 4.69) is 0 Å². The minimum atomic E-state index is -1.12. The maximum absolute atomic E-state index is 12.3. The van der Waals surface area contributed by atoms with Gasteiger partial charge in [-0.2, -0.15) is 0 Å². The Hall–Kier alpha value is -2.90. The molecule has 8 heteroatoms. The normalized spacial score (nSPS) is 14.5. The molecular weight excluding hydrogens is 292 g/mol. The summed E-state index contributed by atoms with van der Waals surface area (Å²) >= 11 is 0. The standard InChI is InChI=1S/C14H14N2O6/c15-12(19)10(3-4-11(17)18)16-6-8-5-7(14(21)22)1-2-9(8)13(16)20/h1-2,5,10H,3-4,6H2,(H2,15,19)(H,17,18)(H,21,22)/t10-/m0/s1. The van der Waals surface area contributed by atoms with Gasteiger partial charge in [0, 0.05) is 18.5 Å². The van der Waals surface area contributed by atoms with Gasteiger partial charge in [0.1, 0.15) is 6.04 Å². The number of carboxylic acids is 2. The number of carboxylic acid groups (broad SMARTS) is 2. The Kier molecular flexibility index (Phi) is 4.11. The first-order valence-corrected chi connectivity index (χ1v) is 6.49. The highest BCUT2D eigenvalue weighted by molar-refractivity contribution is 6.02. The summed E-state index contributed by atoms with van der Waals surface area (Å²) in [6.45, 7) is 0.0303. The fraction of sp³-hybridized carbons (Fsp3) is 0.286. The number of fused-ring (bicyclic) bond motifs is 1. The zero-order valence-corrected chi connectivity index (χ0v) is 11.5. The van der Waals surface area contributed by atoms with Crippen molar-refractivity contribution in [1.82, 2.24) is 4.90 Å². The van der Waals surface area contributed by atoms with Crippen molar-refractivity contribution >= 4 is 23.8 Å². The van der Waals surface area contributed by atoms with E-state index in [0.717, 1.165) is 0 Å². The molecule has 1 aromatic rings. The van der Waals surface area contributed by atoms with Gasteiger partial charge < -0.3 is 20.8 Å². The average Bonchev–Trinajstić information content (AvgIpc) is 2.75. The number of rotatable bonds is 6. The first-order chi connectivity index (χ1) is 10.3. The van der Waals surface area contributed by atoms with Gasteiger partial charge in [0.2, 0.25) is 5.91 Å². The molecular formula is C14H14N2O6. The van der Waals surface area contributed by atoms with Crippen LogP contribution in [0.1, 0.15) is 39.1 Å². The van der Waals surface area contributed by atoms with Crippen molar-refractivity contribution in [2.45, 2.75) is 25.4 Å². The summed E-state index contributed by atoms with van der Waals surface area (Å²) in [5, 5.41) is 17.7. The van der Waals surface area contributed by atoms with Gasteiger partial charge in [-0.05, 0) is 30.2 Å². The van der Waals surface area contributed by atoms with Crippen LogP contribution in [0, 0.1) is 0 Å². The van der Waals surface area contributed by atoms with Gasteiger partial charge in [0.05, 0.1) is 5.56 Å². The van der Waals surface area contributed by atoms with E-state index in [1.807, 2.05) is 0 Å². The number of nitrogens with two attached hydrogens (primary N) is 1. The number of aliphatic carboxylic acids is 1. The number of amides is 2. The predicted molar refractivity (Wildman–Crippen MR) is 73.1 cm³/mol. The second-order valence-electron chi connectivity index (χ2n) is 4.96. The van der Waals surface area contributed by atoms with Gasteiger partial charge in [-0.3, -0.25) is 14.4 Å². The van der Waals surface area contributed by atoms with Crippen LogP contribution in [0.15, 0.2) is 18.2 Å². The lowest BCUT2D eigenvalue weighted by Crippen LogP contribution is -2.45. The zero-order chi connectivity index (χ0) is 16.4. The lowest BCUT2D eigenvalue weighted by atomic mass is 10.1. The number of primary amides is 1. The minimum Gasteiger partial charge on any atom is -0.481 e. The fourth-order valence-electron chi connectivity index (χ4n) is 2.44. The van der Waals surface area contributed by atoms with E-state index in [9.17, 15) is 19.2 Å². The molecule has 0 fully saturated rings. The zero-order valence-electron chi connectivity index (χ0n) is 11.5. The highest BCUT2D eigenvalue weighted by atomic mass is 16.4. The van der Waals surface area contributed by atoms with E-state index in [1.165, 1.54) is 23.1 Å². The van der Waals surface area contributed by atoms with E-state index < -0.39 is 29.8 Å². The van der Waals surface area contributed by atoms with Crippen molar-refractivity contribution in [2.24, 2.45) is 5.73 Å². The number of carbonyl (C=O) groups is 4. The van der Waals surface area contributed by atoms with E-state index in [0.29, 0.717) is 11.1 Å². The average molecular weight is 306 g/mol. The molecule has 8 nitrogen and oxygen atoms in total. The summed E-state index contributed by atoms with van der Waals surface area (Å²) in [4.78, 5) is 46.6. The van der Waals surface area contributed by atoms with Gasteiger partial charge in [-0.15, -0.1) is 0 Å². The van der Waals surface area contributed by atoms with Crippen LogP contribution >= 0.6 is 0 Å². The molecule has 0 unspecified atom stereocenters. The van der Waals surface area contributed by atoms with Crippen molar-refractivity contribution in [1.29, 1.82) is 0 Å². The molecule has 0 spiro atoms. The molecule has 22 heavy (non-hydrogen) atoms. The molecule has 1 atom stereocenters. The minimum absolute atomic E-state index is 0.0303. The van der Waals surface area contributed by atoms with Crippen molar-refractivity contribution in [3.63, 3.8) is 0 Å². The van der Waals surface area contributed by atoms with Crippen LogP contribution in [0.5, 0.6) is 0 Å². The number of aromatic carboxylic acids is 1. The van der Waals surface area contributed by atoms with Crippen LogP contribution in [0.25, 0.3) is 0 Å². The first-order valence-electron chi connectivity index (χ1n) is 6.49. The van der Waals surface area contributed by atoms with E-state index >= 15 is 0 Å². The molecule has 1 heterocycles. The second-order valence-corrected chi connectivity index (χ2v) is 4.96. The third-order valence-electron chi connectivity index (χ3n) is 3.52. The molecule has 1 aromatic carbocycles. The Balaban J connectivity index is 2.26. The third kappa shape index (κ3) is 2.90. The Labute approximate surface area is 125 Å². The first kappa shape index (κ1) is 15.5. The summed E-state index contributed by atoms with van der Waals surface area (Å²) in [6.07, 6.45) is -0.385. The van der Waals surface area contributed by atoms with Crippen LogP contribution < -0.4 is 5.73 Å². The van der Waals surface area contributed by atoms with Crippen LogP contribution in [-0.2, 0) is 16.1 Å². The molecule has 1 aliphatic rings. The van der Waals surface area contributed by atoms with Gasteiger partial charge in [-0.25, -0.2) is 4.79 Å². The maximum Gasteiger partial charge on any atom is 0.335 e. The van der Waals surface area contributed by atoms with Crippen LogP contribution in [0.3, 0.4) is 0 Å². The summed E-state index contributed by atoms with van der Waals surface area (Å²) in [7, 11) is 0. The molecule has 0 saturated heterocycles. The van der Waals surface area contributed by atoms with Gasteiger partial charge in [0.25, 0.3) is 5.91 Å². The summed E-state index contributed by atoms with van der Waals surface area (Å²) in [6, 6.07) is 3.02. The number of hydrogen-bond acceptors (Lipinski definition) is 4. The monoisotopic (exact) mass is 306 g/mol. The molecule has 2 amide bonds. The van der Waals surface area contributed by atoms with Crippen LogP contribution in [-0.4, -0.2) is 44.9 Å². The van der Waals surface area contributed by atoms with Gasteiger partial charge >= 0.3 is 11.9 Å². The molecule has 4 N–H and O–H groups in total. The largest absolute Gasteiger partial charge is 0.481 e.